The summed E-state index contributed by atoms with van der Waals surface area (Å²) < 4.78 is 5.54. The second kappa shape index (κ2) is 10.4. The highest BCUT2D eigenvalue weighted by Crippen LogP contribution is 2.33. The number of methoxy groups -OCH3 is 1. The van der Waals surface area contributed by atoms with E-state index >= 15 is 0 Å². The lowest BCUT2D eigenvalue weighted by molar-refractivity contribution is 0.0950. The molecule has 34 heavy (non-hydrogen) atoms. The van der Waals surface area contributed by atoms with Crippen molar-refractivity contribution < 1.29 is 9.53 Å². The van der Waals surface area contributed by atoms with Gasteiger partial charge in [0, 0.05) is 22.2 Å². The normalized spacial score (nSPS) is 10.7. The zero-order chi connectivity index (χ0) is 24.1. The number of nitrogens with two attached hydrogens (primary N) is 1. The van der Waals surface area contributed by atoms with E-state index in [1.807, 2.05) is 73.8 Å². The Morgan fingerprint density at radius 3 is 2.65 bits per heavy atom. The second-order valence-electron chi connectivity index (χ2n) is 7.77. The lowest BCUT2D eigenvalue weighted by Gasteiger charge is -2.12. The van der Waals surface area contributed by atoms with Crippen LogP contribution in [0.4, 0.5) is 5.82 Å². The number of aromatic nitrogens is 2. The van der Waals surface area contributed by atoms with Crippen LogP contribution < -0.4 is 15.8 Å². The van der Waals surface area contributed by atoms with Crippen LogP contribution >= 0.6 is 11.8 Å². The van der Waals surface area contributed by atoms with Gasteiger partial charge in [0.25, 0.3) is 5.91 Å². The van der Waals surface area contributed by atoms with Gasteiger partial charge >= 0.3 is 0 Å². The van der Waals surface area contributed by atoms with Gasteiger partial charge in [0.1, 0.15) is 11.6 Å². The van der Waals surface area contributed by atoms with Gasteiger partial charge in [-0.3, -0.25) is 9.78 Å². The molecule has 3 N–H and O–H groups in total. The Hall–Kier alpha value is -3.84. The third-order valence-corrected chi connectivity index (χ3v) is 6.38. The number of rotatable bonds is 7. The van der Waals surface area contributed by atoms with E-state index in [1.54, 1.807) is 31.1 Å². The Balaban J connectivity index is 1.56. The number of nitrogens with zero attached hydrogens (tertiary/aromatic N) is 2. The molecule has 0 radical (unpaired) electrons. The molecule has 2 aromatic carbocycles. The van der Waals surface area contributed by atoms with Crippen LogP contribution in [0.15, 0.2) is 77.8 Å². The van der Waals surface area contributed by atoms with Crippen molar-refractivity contribution in [3.63, 3.8) is 0 Å². The van der Waals surface area contributed by atoms with Gasteiger partial charge in [0.2, 0.25) is 0 Å². The van der Waals surface area contributed by atoms with E-state index in [1.165, 1.54) is 0 Å². The van der Waals surface area contributed by atoms with Gasteiger partial charge in [-0.1, -0.05) is 18.2 Å². The number of anilines is 1. The van der Waals surface area contributed by atoms with Gasteiger partial charge in [0.05, 0.1) is 25.0 Å². The molecule has 0 atom stereocenters. The summed E-state index contributed by atoms with van der Waals surface area (Å²) in [5.41, 5.74) is 12.0. The molecule has 0 saturated heterocycles. The first-order chi connectivity index (χ1) is 16.5. The van der Waals surface area contributed by atoms with Crippen molar-refractivity contribution in [3.05, 3.63) is 89.7 Å². The van der Waals surface area contributed by atoms with Crippen molar-refractivity contribution in [1.29, 1.82) is 0 Å². The van der Waals surface area contributed by atoms with E-state index in [0.29, 0.717) is 23.7 Å². The topological polar surface area (TPSA) is 90.1 Å². The summed E-state index contributed by atoms with van der Waals surface area (Å²) >= 11 is 1.63. The minimum absolute atomic E-state index is 0.123. The molecule has 0 fully saturated rings. The summed E-state index contributed by atoms with van der Waals surface area (Å²) in [5.74, 6) is 1.04. The molecule has 0 aliphatic carbocycles. The summed E-state index contributed by atoms with van der Waals surface area (Å²) in [4.78, 5) is 22.6. The summed E-state index contributed by atoms with van der Waals surface area (Å²) in [6, 6.07) is 21.1. The third-order valence-electron chi connectivity index (χ3n) is 5.50. The molecule has 0 saturated carbocycles. The van der Waals surface area contributed by atoms with Crippen molar-refractivity contribution in [2.75, 3.05) is 19.1 Å². The lowest BCUT2D eigenvalue weighted by Crippen LogP contribution is -2.23. The van der Waals surface area contributed by atoms with Gasteiger partial charge in [-0.2, -0.15) is 0 Å². The molecule has 0 bridgehead atoms. The summed E-state index contributed by atoms with van der Waals surface area (Å²) in [7, 11) is 1.63. The summed E-state index contributed by atoms with van der Waals surface area (Å²) in [6.45, 7) is 2.37. The van der Waals surface area contributed by atoms with Crippen molar-refractivity contribution >= 4 is 23.5 Å². The number of hydrogen-bond acceptors (Lipinski definition) is 6. The fourth-order valence-corrected chi connectivity index (χ4v) is 4.31. The number of pyridine rings is 2. The average molecular weight is 471 g/mol. The quantitative estimate of drug-likeness (QED) is 0.353. The van der Waals surface area contributed by atoms with Gasteiger partial charge in [0.15, 0.2) is 0 Å². The maximum Gasteiger partial charge on any atom is 0.251 e. The highest BCUT2D eigenvalue weighted by Gasteiger charge is 2.12. The fraction of sp³-hybridized carbons (Fsp3) is 0.148. The SMILES string of the molecule is COc1ccc(-c2ccnc(CNC(=O)c3ccc(C)c(SC)c3)c2)cc1-c1cccc(N)n1. The summed E-state index contributed by atoms with van der Waals surface area (Å²) in [6.07, 6.45) is 3.75. The van der Waals surface area contributed by atoms with Gasteiger partial charge in [-0.15, -0.1) is 11.8 Å². The molecule has 0 spiro atoms. The Labute approximate surface area is 203 Å². The Kier molecular flexibility index (Phi) is 7.13. The molecule has 172 valence electrons. The second-order valence-corrected chi connectivity index (χ2v) is 8.61. The van der Waals surface area contributed by atoms with Crippen LogP contribution in [0.5, 0.6) is 5.75 Å². The number of thioether (sulfide) groups is 1. The van der Waals surface area contributed by atoms with Gasteiger partial charge < -0.3 is 15.8 Å². The van der Waals surface area contributed by atoms with E-state index in [9.17, 15) is 4.79 Å². The lowest BCUT2D eigenvalue weighted by atomic mass is 10.0. The highest BCUT2D eigenvalue weighted by atomic mass is 32.2. The standard InChI is InChI=1S/C27H26N4O2S/c1-17-7-8-20(15-25(17)34-3)27(32)30-16-21-13-19(11-12-29-21)18-9-10-24(33-2)22(14-18)23-5-4-6-26(28)31-23/h4-15H,16H2,1-3H3,(H2,28,31)(H,30,32). The van der Waals surface area contributed by atoms with Crippen LogP contribution in [0.3, 0.4) is 0 Å². The predicted molar refractivity (Wildman–Crippen MR) is 138 cm³/mol. The first kappa shape index (κ1) is 23.3. The van der Waals surface area contributed by atoms with Crippen molar-refractivity contribution in [1.82, 2.24) is 15.3 Å². The number of carbonyl (C=O) groups is 1. The molecule has 6 nitrogen and oxygen atoms in total. The summed E-state index contributed by atoms with van der Waals surface area (Å²) in [5, 5.41) is 2.97. The number of aryl methyl sites for hydroxylation is 1. The molecule has 7 heteroatoms. The van der Waals surface area contributed by atoms with E-state index in [0.717, 1.165) is 38.5 Å². The number of carbonyl (C=O) groups excluding carboxylic acids is 1. The van der Waals surface area contributed by atoms with Crippen molar-refractivity contribution in [2.24, 2.45) is 0 Å². The molecule has 0 aliphatic rings. The maximum atomic E-state index is 12.7. The predicted octanol–water partition coefficient (Wildman–Crippen LogP) is 5.36. The number of nitrogens with one attached hydrogen (secondary N) is 1. The van der Waals surface area contributed by atoms with E-state index in [2.05, 4.69) is 15.3 Å². The number of ether oxygens (including phenoxy) is 1. The van der Waals surface area contributed by atoms with E-state index in [4.69, 9.17) is 10.5 Å². The molecule has 4 rings (SSSR count). The monoisotopic (exact) mass is 470 g/mol. The smallest absolute Gasteiger partial charge is 0.251 e. The van der Waals surface area contributed by atoms with Crippen molar-refractivity contribution in [3.8, 4) is 28.1 Å². The zero-order valence-corrected chi connectivity index (χ0v) is 20.1. The highest BCUT2D eigenvalue weighted by molar-refractivity contribution is 7.98. The number of amides is 1. The van der Waals surface area contributed by atoms with Crippen LogP contribution in [0.2, 0.25) is 0 Å². The van der Waals surface area contributed by atoms with Crippen LogP contribution in [0.1, 0.15) is 21.6 Å². The minimum atomic E-state index is -0.123. The molecule has 0 unspecified atom stereocenters. The van der Waals surface area contributed by atoms with E-state index < -0.39 is 0 Å². The Morgan fingerprint density at radius 2 is 1.88 bits per heavy atom. The van der Waals surface area contributed by atoms with Crippen LogP contribution in [0, 0.1) is 6.92 Å². The van der Waals surface area contributed by atoms with Crippen molar-refractivity contribution in [2.45, 2.75) is 18.4 Å². The van der Waals surface area contributed by atoms with Crippen LogP contribution in [0.25, 0.3) is 22.4 Å². The molecule has 2 aromatic heterocycles. The van der Waals surface area contributed by atoms with Gasteiger partial charge in [-0.25, -0.2) is 4.98 Å². The first-order valence-electron chi connectivity index (χ1n) is 10.8. The molecular formula is C27H26N4O2S. The largest absolute Gasteiger partial charge is 0.496 e. The molecule has 0 aliphatic heterocycles. The Morgan fingerprint density at radius 1 is 1.06 bits per heavy atom. The van der Waals surface area contributed by atoms with Gasteiger partial charge in [-0.05, 0) is 78.4 Å². The first-order valence-corrected chi connectivity index (χ1v) is 12.0. The van der Waals surface area contributed by atoms with E-state index in [-0.39, 0.29) is 5.91 Å². The number of nitrogen functional groups attached to an aromatic ring is 1. The molecule has 4 aromatic rings. The zero-order valence-electron chi connectivity index (χ0n) is 19.3. The average Bonchev–Trinajstić information content (AvgIpc) is 2.87. The molecular weight excluding hydrogens is 444 g/mol. The van der Waals surface area contributed by atoms with Crippen LogP contribution in [-0.4, -0.2) is 29.2 Å². The fourth-order valence-electron chi connectivity index (χ4n) is 3.68. The third kappa shape index (κ3) is 5.21. The molecule has 2 heterocycles. The maximum absolute atomic E-state index is 12.7. The number of hydrogen-bond donors (Lipinski definition) is 2. The van der Waals surface area contributed by atoms with Crippen LogP contribution in [-0.2, 0) is 6.54 Å². The minimum Gasteiger partial charge on any atom is -0.496 e. The molecule has 1 amide bonds. The Bertz CT molecular complexity index is 1340. The number of benzene rings is 2.